The summed E-state index contributed by atoms with van der Waals surface area (Å²) in [5.74, 6) is -0.361. The molecule has 0 unspecified atom stereocenters. The van der Waals surface area contributed by atoms with Crippen molar-refractivity contribution >= 4 is 17.0 Å². The molecule has 3 aromatic rings. The predicted octanol–water partition coefficient (Wildman–Crippen LogP) is 4.60. The molecule has 1 fully saturated rings. The van der Waals surface area contributed by atoms with E-state index in [-0.39, 0.29) is 34.7 Å². The van der Waals surface area contributed by atoms with Crippen LogP contribution >= 0.6 is 0 Å². The van der Waals surface area contributed by atoms with E-state index < -0.39 is 11.7 Å². The Balaban J connectivity index is 1.55. The fourth-order valence-corrected chi connectivity index (χ4v) is 3.98. The Hall–Kier alpha value is -2.91. The lowest BCUT2D eigenvalue weighted by atomic mass is 9.90. The first kappa shape index (κ1) is 21.3. The van der Waals surface area contributed by atoms with Crippen molar-refractivity contribution in [2.45, 2.75) is 58.2 Å². The van der Waals surface area contributed by atoms with Crippen LogP contribution in [0.4, 0.5) is 13.2 Å². The molecule has 1 saturated heterocycles. The third-order valence-corrected chi connectivity index (χ3v) is 5.74. The first-order chi connectivity index (χ1) is 14.7. The number of amides is 1. The first-order valence-electron chi connectivity index (χ1n) is 10.4. The Labute approximate surface area is 177 Å². The average molecular weight is 435 g/mol. The van der Waals surface area contributed by atoms with Crippen LogP contribution in [-0.2, 0) is 12.6 Å². The zero-order valence-corrected chi connectivity index (χ0v) is 17.6. The molecule has 0 bridgehead atoms. The van der Waals surface area contributed by atoms with Gasteiger partial charge in [-0.3, -0.25) is 9.48 Å². The topological polar surface area (TPSA) is 77.0 Å². The van der Waals surface area contributed by atoms with Gasteiger partial charge in [0, 0.05) is 36.9 Å². The van der Waals surface area contributed by atoms with Gasteiger partial charge in [-0.2, -0.15) is 18.3 Å². The summed E-state index contributed by atoms with van der Waals surface area (Å²) < 4.78 is 48.1. The third-order valence-electron chi connectivity index (χ3n) is 5.74. The number of likely N-dealkylation sites (tertiary alicyclic amines) is 1. The molecule has 31 heavy (non-hydrogen) atoms. The van der Waals surface area contributed by atoms with Gasteiger partial charge in [-0.05, 0) is 39.2 Å². The Morgan fingerprint density at radius 2 is 2.00 bits per heavy atom. The quantitative estimate of drug-likeness (QED) is 0.599. The van der Waals surface area contributed by atoms with E-state index in [4.69, 9.17) is 4.52 Å². The predicted molar refractivity (Wildman–Crippen MR) is 107 cm³/mol. The summed E-state index contributed by atoms with van der Waals surface area (Å²) in [5.41, 5.74) is 0.253. The van der Waals surface area contributed by atoms with Gasteiger partial charge in [-0.25, -0.2) is 4.98 Å². The van der Waals surface area contributed by atoms with Crippen LogP contribution in [-0.4, -0.2) is 43.8 Å². The second-order valence-electron chi connectivity index (χ2n) is 8.13. The highest BCUT2D eigenvalue weighted by atomic mass is 19.4. The van der Waals surface area contributed by atoms with Crippen LogP contribution in [0.2, 0.25) is 0 Å². The van der Waals surface area contributed by atoms with Crippen LogP contribution in [0.15, 0.2) is 23.0 Å². The van der Waals surface area contributed by atoms with E-state index in [1.54, 1.807) is 28.9 Å². The molecule has 0 radical (unpaired) electrons. The monoisotopic (exact) mass is 435 g/mol. The summed E-state index contributed by atoms with van der Waals surface area (Å²) in [6, 6.07) is 1.23. The maximum Gasteiger partial charge on any atom is 0.417 e. The number of alkyl halides is 3. The van der Waals surface area contributed by atoms with E-state index >= 15 is 0 Å². The molecule has 7 nitrogen and oxygen atoms in total. The average Bonchev–Trinajstić information content (AvgIpc) is 3.39. The molecular weight excluding hydrogens is 411 g/mol. The number of aryl methyl sites for hydroxylation is 1. The van der Waals surface area contributed by atoms with Crippen LogP contribution in [0.25, 0.3) is 11.1 Å². The van der Waals surface area contributed by atoms with E-state index in [1.165, 1.54) is 0 Å². The molecular formula is C21H24F3N5O2. The summed E-state index contributed by atoms with van der Waals surface area (Å²) in [6.45, 7) is 6.54. The molecule has 4 rings (SSSR count). The molecule has 1 amide bonds. The van der Waals surface area contributed by atoms with Gasteiger partial charge >= 0.3 is 6.18 Å². The highest BCUT2D eigenvalue weighted by Crippen LogP contribution is 2.40. The van der Waals surface area contributed by atoms with Crippen LogP contribution < -0.4 is 0 Å². The Morgan fingerprint density at radius 1 is 1.29 bits per heavy atom. The van der Waals surface area contributed by atoms with Crippen LogP contribution in [0.1, 0.15) is 72.9 Å². The number of piperidine rings is 1. The van der Waals surface area contributed by atoms with Gasteiger partial charge in [0.1, 0.15) is 0 Å². The van der Waals surface area contributed by atoms with Crippen molar-refractivity contribution < 1.29 is 22.5 Å². The molecule has 0 N–H and O–H groups in total. The highest BCUT2D eigenvalue weighted by Gasteiger charge is 2.38. The van der Waals surface area contributed by atoms with Gasteiger partial charge < -0.3 is 9.42 Å². The highest BCUT2D eigenvalue weighted by molar-refractivity contribution is 5.93. The number of hydrogen-bond acceptors (Lipinski definition) is 5. The van der Waals surface area contributed by atoms with Gasteiger partial charge in [0.25, 0.3) is 11.6 Å². The minimum Gasteiger partial charge on any atom is -0.339 e. The second-order valence-corrected chi connectivity index (χ2v) is 8.13. The molecule has 10 heteroatoms. The number of hydrogen-bond donors (Lipinski definition) is 0. The number of carbonyl (C=O) groups excluding carboxylic acids is 1. The number of aromatic nitrogens is 4. The van der Waals surface area contributed by atoms with Crippen molar-refractivity contribution in [2.24, 2.45) is 0 Å². The van der Waals surface area contributed by atoms with E-state index in [1.807, 2.05) is 13.8 Å². The number of fused-ring (bicyclic) bond motifs is 1. The minimum atomic E-state index is -4.53. The molecule has 0 atom stereocenters. The lowest BCUT2D eigenvalue weighted by Crippen LogP contribution is -2.38. The minimum absolute atomic E-state index is 0.0623. The maximum atomic E-state index is 13.7. The number of nitrogens with zero attached hydrogens (tertiary/aromatic N) is 5. The van der Waals surface area contributed by atoms with Gasteiger partial charge in [0.05, 0.1) is 28.4 Å². The molecule has 0 aliphatic carbocycles. The molecule has 0 saturated carbocycles. The van der Waals surface area contributed by atoms with Crippen molar-refractivity contribution in [3.63, 3.8) is 0 Å². The van der Waals surface area contributed by atoms with Crippen molar-refractivity contribution in [1.82, 2.24) is 24.8 Å². The normalized spacial score (nSPS) is 15.9. The van der Waals surface area contributed by atoms with Gasteiger partial charge in [0.2, 0.25) is 0 Å². The van der Waals surface area contributed by atoms with Crippen LogP contribution in [0.3, 0.4) is 0 Å². The maximum absolute atomic E-state index is 13.7. The summed E-state index contributed by atoms with van der Waals surface area (Å²) in [5, 5.41) is 8.10. The summed E-state index contributed by atoms with van der Waals surface area (Å²) >= 11 is 0. The largest absolute Gasteiger partial charge is 0.417 e. The standard InChI is InChI=1S/C21H24F3N5O2/c1-4-15-9-16(21(22,23)24)17-18(27-31-19(17)26-15)13-5-7-28(8-6-13)20(30)14-10-25-29(11-14)12(2)3/h9-13H,4-8H2,1-3H3. The second kappa shape index (κ2) is 7.97. The van der Waals surface area contributed by atoms with Crippen molar-refractivity contribution in [3.8, 4) is 0 Å². The first-order valence-corrected chi connectivity index (χ1v) is 10.4. The Morgan fingerprint density at radius 3 is 2.58 bits per heavy atom. The fourth-order valence-electron chi connectivity index (χ4n) is 3.98. The number of pyridine rings is 1. The van der Waals surface area contributed by atoms with E-state index in [0.29, 0.717) is 43.6 Å². The summed E-state index contributed by atoms with van der Waals surface area (Å²) in [6.07, 6.45) is 0.0988. The van der Waals surface area contributed by atoms with Crippen molar-refractivity contribution in [1.29, 1.82) is 0 Å². The SMILES string of the molecule is CCc1cc(C(F)(F)F)c2c(C3CCN(C(=O)c4cnn(C(C)C)c4)CC3)noc2n1. The molecule has 4 heterocycles. The molecule has 3 aromatic heterocycles. The number of rotatable bonds is 4. The van der Waals surface area contributed by atoms with Gasteiger partial charge in [-0.15, -0.1) is 0 Å². The van der Waals surface area contributed by atoms with E-state index in [2.05, 4.69) is 15.2 Å². The van der Waals surface area contributed by atoms with Crippen molar-refractivity contribution in [2.75, 3.05) is 13.1 Å². The van der Waals surface area contributed by atoms with Crippen LogP contribution in [0.5, 0.6) is 0 Å². The van der Waals surface area contributed by atoms with E-state index in [9.17, 15) is 18.0 Å². The Kier molecular flexibility index (Phi) is 5.49. The lowest BCUT2D eigenvalue weighted by Gasteiger charge is -2.31. The zero-order chi connectivity index (χ0) is 22.3. The number of halogens is 3. The third kappa shape index (κ3) is 4.03. The molecule has 1 aliphatic rings. The molecule has 0 spiro atoms. The molecule has 0 aromatic carbocycles. The zero-order valence-electron chi connectivity index (χ0n) is 17.6. The fraction of sp³-hybridized carbons (Fsp3) is 0.524. The lowest BCUT2D eigenvalue weighted by molar-refractivity contribution is -0.136. The van der Waals surface area contributed by atoms with Gasteiger partial charge in [0.15, 0.2) is 0 Å². The van der Waals surface area contributed by atoms with Crippen LogP contribution in [0, 0.1) is 0 Å². The van der Waals surface area contributed by atoms with Crippen molar-refractivity contribution in [3.05, 3.63) is 41.0 Å². The molecule has 166 valence electrons. The Bertz CT molecular complexity index is 1090. The smallest absolute Gasteiger partial charge is 0.339 e. The summed E-state index contributed by atoms with van der Waals surface area (Å²) in [7, 11) is 0. The van der Waals surface area contributed by atoms with Gasteiger partial charge in [-0.1, -0.05) is 12.1 Å². The summed E-state index contributed by atoms with van der Waals surface area (Å²) in [4.78, 5) is 18.7. The van der Waals surface area contributed by atoms with E-state index in [0.717, 1.165) is 6.07 Å². The number of carbonyl (C=O) groups is 1. The molecule has 1 aliphatic heterocycles.